The van der Waals surface area contributed by atoms with Gasteiger partial charge in [0.2, 0.25) is 0 Å². The highest BCUT2D eigenvalue weighted by Crippen LogP contribution is 2.30. The molecule has 1 N–H and O–H groups in total. The number of aryl methyl sites for hydroxylation is 1. The Labute approximate surface area is 83.4 Å². The molecule has 0 spiro atoms. The Hall–Kier alpha value is -1.25. The van der Waals surface area contributed by atoms with Crippen LogP contribution in [0.15, 0.2) is 12.3 Å². The molecular formula is C11H15NO2. The van der Waals surface area contributed by atoms with E-state index in [1.165, 1.54) is 19.3 Å². The summed E-state index contributed by atoms with van der Waals surface area (Å²) >= 11 is 0. The number of carbonyl (C=O) groups is 1. The molecule has 2 rings (SSSR count). The summed E-state index contributed by atoms with van der Waals surface area (Å²) in [5, 5.41) is 8.86. The molecule has 14 heavy (non-hydrogen) atoms. The molecule has 0 bridgehead atoms. The molecule has 1 aromatic heterocycles. The van der Waals surface area contributed by atoms with E-state index >= 15 is 0 Å². The van der Waals surface area contributed by atoms with Crippen LogP contribution in [-0.2, 0) is 13.5 Å². The molecule has 0 aromatic carbocycles. The van der Waals surface area contributed by atoms with Gasteiger partial charge in [-0.3, -0.25) is 0 Å². The number of aromatic nitrogens is 1. The topological polar surface area (TPSA) is 42.2 Å². The van der Waals surface area contributed by atoms with E-state index in [0.29, 0.717) is 5.69 Å². The molecule has 0 unspecified atom stereocenters. The van der Waals surface area contributed by atoms with E-state index in [2.05, 4.69) is 0 Å². The van der Waals surface area contributed by atoms with Crippen LogP contribution in [0.5, 0.6) is 0 Å². The molecule has 3 nitrogen and oxygen atoms in total. The summed E-state index contributed by atoms with van der Waals surface area (Å²) in [6, 6.07) is 1.79. The molecular weight excluding hydrogens is 178 g/mol. The summed E-state index contributed by atoms with van der Waals surface area (Å²) in [7, 11) is 1.79. The van der Waals surface area contributed by atoms with Crippen LogP contribution in [0, 0.1) is 5.92 Å². The van der Waals surface area contributed by atoms with Gasteiger partial charge in [-0.2, -0.15) is 0 Å². The van der Waals surface area contributed by atoms with Crippen molar-refractivity contribution < 1.29 is 9.90 Å². The van der Waals surface area contributed by atoms with Crippen LogP contribution in [0.3, 0.4) is 0 Å². The Bertz CT molecular complexity index is 350. The van der Waals surface area contributed by atoms with Crippen molar-refractivity contribution in [3.63, 3.8) is 0 Å². The highest BCUT2D eigenvalue weighted by Gasteiger charge is 2.19. The molecule has 3 heteroatoms. The molecule has 1 aliphatic rings. The van der Waals surface area contributed by atoms with Crippen LogP contribution >= 0.6 is 0 Å². The SMILES string of the molecule is Cn1cc(CC2CCC2)cc1C(=O)O. The lowest BCUT2D eigenvalue weighted by atomic mass is 9.81. The largest absolute Gasteiger partial charge is 0.477 e. The first-order chi connectivity index (χ1) is 6.66. The number of hydrogen-bond acceptors (Lipinski definition) is 1. The first-order valence-electron chi connectivity index (χ1n) is 5.05. The van der Waals surface area contributed by atoms with E-state index in [9.17, 15) is 4.79 Å². The third-order valence-electron chi connectivity index (χ3n) is 3.03. The second-order valence-electron chi connectivity index (χ2n) is 4.15. The average Bonchev–Trinajstić information content (AvgIpc) is 2.39. The zero-order valence-corrected chi connectivity index (χ0v) is 8.36. The molecule has 1 saturated carbocycles. The molecule has 0 atom stereocenters. The fraction of sp³-hybridized carbons (Fsp3) is 0.545. The predicted molar refractivity (Wildman–Crippen MR) is 53.4 cm³/mol. The minimum absolute atomic E-state index is 0.388. The van der Waals surface area contributed by atoms with Gasteiger partial charge in [0.25, 0.3) is 0 Å². The van der Waals surface area contributed by atoms with Crippen molar-refractivity contribution >= 4 is 5.97 Å². The van der Waals surface area contributed by atoms with Crippen molar-refractivity contribution in [2.24, 2.45) is 13.0 Å². The Morgan fingerprint density at radius 3 is 2.79 bits per heavy atom. The Morgan fingerprint density at radius 1 is 1.64 bits per heavy atom. The fourth-order valence-corrected chi connectivity index (χ4v) is 1.99. The van der Waals surface area contributed by atoms with Gasteiger partial charge in [-0.25, -0.2) is 4.79 Å². The van der Waals surface area contributed by atoms with Gasteiger partial charge in [0.05, 0.1) is 0 Å². The van der Waals surface area contributed by atoms with Crippen LogP contribution in [0.25, 0.3) is 0 Å². The summed E-state index contributed by atoms with van der Waals surface area (Å²) in [6.45, 7) is 0. The molecule has 1 aliphatic carbocycles. The maximum atomic E-state index is 10.8. The molecule has 1 fully saturated rings. The van der Waals surface area contributed by atoms with E-state index in [4.69, 9.17) is 5.11 Å². The number of nitrogens with zero attached hydrogens (tertiary/aromatic N) is 1. The van der Waals surface area contributed by atoms with Gasteiger partial charge in [0.15, 0.2) is 0 Å². The summed E-state index contributed by atoms with van der Waals surface area (Å²) in [4.78, 5) is 10.8. The van der Waals surface area contributed by atoms with Gasteiger partial charge in [-0.1, -0.05) is 19.3 Å². The minimum Gasteiger partial charge on any atom is -0.477 e. The van der Waals surface area contributed by atoms with E-state index in [0.717, 1.165) is 17.9 Å². The van der Waals surface area contributed by atoms with E-state index in [-0.39, 0.29) is 0 Å². The second kappa shape index (κ2) is 3.48. The lowest BCUT2D eigenvalue weighted by Crippen LogP contribution is -2.13. The van der Waals surface area contributed by atoms with Gasteiger partial charge in [0.1, 0.15) is 5.69 Å². The third kappa shape index (κ3) is 1.67. The standard InChI is InChI=1S/C11H15NO2/c1-12-7-9(5-8-3-2-4-8)6-10(12)11(13)14/h6-8H,2-5H2,1H3,(H,13,14). The first kappa shape index (κ1) is 9.31. The van der Waals surface area contributed by atoms with Crippen molar-refractivity contribution in [3.8, 4) is 0 Å². The van der Waals surface area contributed by atoms with E-state index < -0.39 is 5.97 Å². The summed E-state index contributed by atoms with van der Waals surface area (Å²) < 4.78 is 1.69. The number of carboxylic acids is 1. The summed E-state index contributed by atoms with van der Waals surface area (Å²) in [5.74, 6) is -0.0496. The summed E-state index contributed by atoms with van der Waals surface area (Å²) in [5.41, 5.74) is 1.55. The van der Waals surface area contributed by atoms with Crippen LogP contribution in [0.4, 0.5) is 0 Å². The number of rotatable bonds is 3. The van der Waals surface area contributed by atoms with E-state index in [1.807, 2.05) is 6.20 Å². The molecule has 0 saturated heterocycles. The third-order valence-corrected chi connectivity index (χ3v) is 3.03. The van der Waals surface area contributed by atoms with Crippen molar-refractivity contribution in [1.29, 1.82) is 0 Å². The minimum atomic E-state index is -0.840. The predicted octanol–water partition coefficient (Wildman–Crippen LogP) is 2.07. The van der Waals surface area contributed by atoms with Gasteiger partial charge >= 0.3 is 5.97 Å². The average molecular weight is 193 g/mol. The van der Waals surface area contributed by atoms with Crippen molar-refractivity contribution in [2.45, 2.75) is 25.7 Å². The zero-order chi connectivity index (χ0) is 10.1. The monoisotopic (exact) mass is 193 g/mol. The van der Waals surface area contributed by atoms with Gasteiger partial charge in [-0.05, 0) is 24.0 Å². The Morgan fingerprint density at radius 2 is 2.36 bits per heavy atom. The summed E-state index contributed by atoms with van der Waals surface area (Å²) in [6.07, 6.45) is 6.92. The molecule has 1 heterocycles. The molecule has 0 radical (unpaired) electrons. The lowest BCUT2D eigenvalue weighted by molar-refractivity contribution is 0.0686. The maximum Gasteiger partial charge on any atom is 0.352 e. The smallest absolute Gasteiger partial charge is 0.352 e. The van der Waals surface area contributed by atoms with Crippen molar-refractivity contribution in [3.05, 3.63) is 23.5 Å². The first-order valence-corrected chi connectivity index (χ1v) is 5.05. The van der Waals surface area contributed by atoms with Gasteiger partial charge < -0.3 is 9.67 Å². The highest BCUT2D eigenvalue weighted by atomic mass is 16.4. The lowest BCUT2D eigenvalue weighted by Gasteiger charge is -2.24. The zero-order valence-electron chi connectivity index (χ0n) is 8.36. The second-order valence-corrected chi connectivity index (χ2v) is 4.15. The van der Waals surface area contributed by atoms with Gasteiger partial charge in [0, 0.05) is 13.2 Å². The maximum absolute atomic E-state index is 10.8. The van der Waals surface area contributed by atoms with E-state index in [1.54, 1.807) is 17.7 Å². The highest BCUT2D eigenvalue weighted by molar-refractivity contribution is 5.86. The molecule has 76 valence electrons. The van der Waals surface area contributed by atoms with Crippen molar-refractivity contribution in [2.75, 3.05) is 0 Å². The van der Waals surface area contributed by atoms with Crippen LogP contribution in [0.1, 0.15) is 35.3 Å². The van der Waals surface area contributed by atoms with Crippen LogP contribution in [-0.4, -0.2) is 15.6 Å². The number of aromatic carboxylic acids is 1. The van der Waals surface area contributed by atoms with Crippen molar-refractivity contribution in [1.82, 2.24) is 4.57 Å². The van der Waals surface area contributed by atoms with Gasteiger partial charge in [-0.15, -0.1) is 0 Å². The Kier molecular flexibility index (Phi) is 2.32. The van der Waals surface area contributed by atoms with Crippen LogP contribution in [0.2, 0.25) is 0 Å². The molecule has 1 aromatic rings. The fourth-order valence-electron chi connectivity index (χ4n) is 1.99. The Balaban J connectivity index is 2.10. The molecule has 0 amide bonds. The molecule has 0 aliphatic heterocycles. The number of hydrogen-bond donors (Lipinski definition) is 1. The van der Waals surface area contributed by atoms with Crippen LogP contribution < -0.4 is 0 Å². The normalized spacial score (nSPS) is 16.6. The number of carboxylic acid groups (broad SMARTS) is 1. The quantitative estimate of drug-likeness (QED) is 0.798.